The summed E-state index contributed by atoms with van der Waals surface area (Å²) in [5.41, 5.74) is 2.17. The van der Waals surface area contributed by atoms with Crippen molar-refractivity contribution in [3.63, 3.8) is 0 Å². The smallest absolute Gasteiger partial charge is 0.263 e. The highest BCUT2D eigenvalue weighted by Gasteiger charge is 2.23. The van der Waals surface area contributed by atoms with Crippen molar-refractivity contribution in [2.75, 3.05) is 16.1 Å². The van der Waals surface area contributed by atoms with Crippen LogP contribution < -0.4 is 14.2 Å². The summed E-state index contributed by atoms with van der Waals surface area (Å²) in [6.45, 7) is 6.52. The lowest BCUT2D eigenvalue weighted by Gasteiger charge is -2.13. The molecule has 0 unspecified atom stereocenters. The van der Waals surface area contributed by atoms with Crippen molar-refractivity contribution in [1.82, 2.24) is 15.0 Å². The van der Waals surface area contributed by atoms with Gasteiger partial charge in [0, 0.05) is 52.7 Å². The molecule has 0 fully saturated rings. The van der Waals surface area contributed by atoms with Crippen LogP contribution in [0.4, 0.5) is 11.5 Å². The second-order valence-corrected chi connectivity index (χ2v) is 17.0. The summed E-state index contributed by atoms with van der Waals surface area (Å²) in [7, 11) is -7.84. The molecule has 0 aliphatic carbocycles. The standard InChI is InChI=1S/C22H21ClN2O3S.C19H16ClN3O4S/c1-15(2)13-16-3-6-19(7-4-16)29(27,28)25-21-8-5-18(23)14-20(21)22(26)17-9-11-24-12-10-17;1-2-27-15-3-5-16(6-4-15)28(25,26)23-19-17(11-14(20)12-22-19)18(24)13-7-9-21-10-8-13/h3-12,14-15,25H,13H2,1-2H3;3-12H,2H2,1H3,(H,22,23). The Labute approximate surface area is 341 Å². The second-order valence-electron chi connectivity index (χ2n) is 12.7. The maximum absolute atomic E-state index is 12.9. The average molecular weight is 847 g/mol. The van der Waals surface area contributed by atoms with Crippen LogP contribution in [-0.4, -0.2) is 50.0 Å². The lowest BCUT2D eigenvalue weighted by molar-refractivity contribution is 0.103. The summed E-state index contributed by atoms with van der Waals surface area (Å²) in [6, 6.07) is 24.7. The van der Waals surface area contributed by atoms with Gasteiger partial charge in [-0.1, -0.05) is 49.2 Å². The first kappa shape index (κ1) is 42.5. The number of hydrogen-bond donors (Lipinski definition) is 2. The third-order valence-corrected chi connectivity index (χ3v) is 11.2. The fourth-order valence-electron chi connectivity index (χ4n) is 5.35. The molecule has 3 aromatic heterocycles. The molecule has 0 radical (unpaired) electrons. The van der Waals surface area contributed by atoms with Crippen LogP contribution in [0, 0.1) is 5.92 Å². The van der Waals surface area contributed by atoms with Crippen LogP contribution >= 0.6 is 23.2 Å². The van der Waals surface area contributed by atoms with Crippen molar-refractivity contribution in [2.45, 2.75) is 37.0 Å². The quantitative estimate of drug-likeness (QED) is 0.101. The van der Waals surface area contributed by atoms with Crippen LogP contribution in [0.25, 0.3) is 0 Å². The number of nitrogens with one attached hydrogen (secondary N) is 2. The zero-order valence-electron chi connectivity index (χ0n) is 30.9. The van der Waals surface area contributed by atoms with Gasteiger partial charge in [-0.15, -0.1) is 0 Å². The normalized spacial score (nSPS) is 11.3. The van der Waals surface area contributed by atoms with E-state index in [2.05, 4.69) is 38.2 Å². The van der Waals surface area contributed by atoms with Gasteiger partial charge in [0.05, 0.1) is 32.7 Å². The highest BCUT2D eigenvalue weighted by molar-refractivity contribution is 7.93. The van der Waals surface area contributed by atoms with Gasteiger partial charge in [-0.2, -0.15) is 0 Å². The fraction of sp³-hybridized carbons (Fsp3) is 0.146. The van der Waals surface area contributed by atoms with Crippen molar-refractivity contribution >= 4 is 66.3 Å². The highest BCUT2D eigenvalue weighted by atomic mass is 35.5. The first-order chi connectivity index (χ1) is 27.2. The molecule has 294 valence electrons. The molecule has 3 aromatic carbocycles. The summed E-state index contributed by atoms with van der Waals surface area (Å²) in [5.74, 6) is 0.146. The van der Waals surface area contributed by atoms with Crippen molar-refractivity contribution in [3.8, 4) is 5.75 Å². The van der Waals surface area contributed by atoms with E-state index < -0.39 is 25.8 Å². The molecule has 6 rings (SSSR count). The van der Waals surface area contributed by atoms with Crippen LogP contribution in [0.15, 0.2) is 138 Å². The third-order valence-electron chi connectivity index (χ3n) is 8.01. The Bertz CT molecular complexity index is 2560. The van der Waals surface area contributed by atoms with E-state index in [9.17, 15) is 26.4 Å². The van der Waals surface area contributed by atoms with Gasteiger partial charge in [-0.3, -0.25) is 29.0 Å². The Kier molecular flexibility index (Phi) is 14.1. The maximum Gasteiger partial charge on any atom is 0.263 e. The molecule has 3 heterocycles. The summed E-state index contributed by atoms with van der Waals surface area (Å²) in [4.78, 5) is 37.5. The Morgan fingerprint density at radius 2 is 1.18 bits per heavy atom. The van der Waals surface area contributed by atoms with Crippen LogP contribution in [0.1, 0.15) is 58.2 Å². The SMILES string of the molecule is CC(C)Cc1ccc(S(=O)(=O)Nc2ccc(Cl)cc2C(=O)c2ccncc2)cc1.CCOc1ccc(S(=O)(=O)Nc2ncc(Cl)cc2C(=O)c2ccncc2)cc1. The molecule has 12 nitrogen and oxygen atoms in total. The van der Waals surface area contributed by atoms with E-state index in [1.165, 1.54) is 79.5 Å². The van der Waals surface area contributed by atoms with Crippen molar-refractivity contribution in [2.24, 2.45) is 5.92 Å². The summed E-state index contributed by atoms with van der Waals surface area (Å²) in [5, 5.41) is 0.546. The highest BCUT2D eigenvalue weighted by Crippen LogP contribution is 2.27. The average Bonchev–Trinajstić information content (AvgIpc) is 3.20. The van der Waals surface area contributed by atoms with Gasteiger partial charge in [0.2, 0.25) is 0 Å². The Morgan fingerprint density at radius 1 is 0.667 bits per heavy atom. The van der Waals surface area contributed by atoms with Gasteiger partial charge >= 0.3 is 0 Å². The Morgan fingerprint density at radius 3 is 1.72 bits per heavy atom. The molecule has 0 spiro atoms. The van der Waals surface area contributed by atoms with Gasteiger partial charge in [0.25, 0.3) is 20.0 Å². The van der Waals surface area contributed by atoms with Crippen molar-refractivity contribution < 1.29 is 31.2 Å². The van der Waals surface area contributed by atoms with Gasteiger partial charge in [0.1, 0.15) is 5.75 Å². The molecule has 16 heteroatoms. The van der Waals surface area contributed by atoms with E-state index in [-0.39, 0.29) is 43.2 Å². The number of carbonyl (C=O) groups excluding carboxylic acids is 2. The van der Waals surface area contributed by atoms with Gasteiger partial charge in [-0.05, 0) is 110 Å². The van der Waals surface area contributed by atoms with Crippen molar-refractivity contribution in [1.29, 1.82) is 0 Å². The molecule has 57 heavy (non-hydrogen) atoms. The first-order valence-electron chi connectivity index (χ1n) is 17.4. The van der Waals surface area contributed by atoms with E-state index in [4.69, 9.17) is 27.9 Å². The molecule has 2 N–H and O–H groups in total. The molecule has 0 atom stereocenters. The van der Waals surface area contributed by atoms with E-state index in [0.29, 0.717) is 34.4 Å². The zero-order chi connectivity index (χ0) is 41.2. The molecular formula is C41H37Cl2N5O7S2. The van der Waals surface area contributed by atoms with Gasteiger partial charge in [0.15, 0.2) is 17.4 Å². The molecule has 0 aliphatic heterocycles. The first-order valence-corrected chi connectivity index (χ1v) is 21.1. The second kappa shape index (κ2) is 19.0. The number of aromatic nitrogens is 3. The lowest BCUT2D eigenvalue weighted by Crippen LogP contribution is -2.17. The molecule has 0 aliphatic rings. The zero-order valence-corrected chi connectivity index (χ0v) is 34.0. The van der Waals surface area contributed by atoms with E-state index in [0.717, 1.165) is 12.0 Å². The van der Waals surface area contributed by atoms with Gasteiger partial charge in [-0.25, -0.2) is 21.8 Å². The Balaban J connectivity index is 0.000000218. The number of ether oxygens (including phenoxy) is 1. The molecule has 0 saturated heterocycles. The topological polar surface area (TPSA) is 174 Å². The van der Waals surface area contributed by atoms with Crippen LogP contribution in [0.5, 0.6) is 5.75 Å². The minimum absolute atomic E-state index is 0.00927. The summed E-state index contributed by atoms with van der Waals surface area (Å²) >= 11 is 12.0. The molecule has 0 bridgehead atoms. The number of rotatable bonds is 14. The third kappa shape index (κ3) is 11.4. The maximum atomic E-state index is 12.9. The Hall–Kier alpha value is -5.67. The molecule has 0 amide bonds. The minimum atomic E-state index is -3.97. The van der Waals surface area contributed by atoms with Crippen LogP contribution in [0.2, 0.25) is 10.0 Å². The predicted octanol–water partition coefficient (Wildman–Crippen LogP) is 8.53. The molecule has 6 aromatic rings. The number of halogens is 2. The number of pyridine rings is 3. The number of nitrogens with zero attached hydrogens (tertiary/aromatic N) is 3. The van der Waals surface area contributed by atoms with E-state index in [1.807, 2.05) is 6.92 Å². The largest absolute Gasteiger partial charge is 0.494 e. The van der Waals surface area contributed by atoms with Crippen molar-refractivity contribution in [3.05, 3.63) is 166 Å². The minimum Gasteiger partial charge on any atom is -0.494 e. The predicted molar refractivity (Wildman–Crippen MR) is 220 cm³/mol. The molecule has 0 saturated carbocycles. The fourth-order valence-corrected chi connectivity index (χ4v) is 7.79. The van der Waals surface area contributed by atoms with E-state index in [1.54, 1.807) is 48.5 Å². The number of ketones is 2. The number of benzene rings is 3. The number of sulfonamides is 2. The van der Waals surface area contributed by atoms with Gasteiger partial charge < -0.3 is 4.74 Å². The molecular weight excluding hydrogens is 810 g/mol. The number of carbonyl (C=O) groups is 2. The van der Waals surface area contributed by atoms with Crippen LogP contribution in [0.3, 0.4) is 0 Å². The van der Waals surface area contributed by atoms with E-state index >= 15 is 0 Å². The lowest BCUT2D eigenvalue weighted by atomic mass is 10.0. The number of anilines is 2. The summed E-state index contributed by atoms with van der Waals surface area (Å²) < 4.78 is 61.4. The van der Waals surface area contributed by atoms with Crippen LogP contribution in [-0.2, 0) is 26.5 Å². The monoisotopic (exact) mass is 845 g/mol. The number of hydrogen-bond acceptors (Lipinski definition) is 10. The summed E-state index contributed by atoms with van der Waals surface area (Å²) in [6.07, 6.45) is 8.07.